The van der Waals surface area contributed by atoms with Crippen LogP contribution in [0, 0.1) is 0 Å². The highest BCUT2D eigenvalue weighted by atomic mass is 28.3. The van der Waals surface area contributed by atoms with Gasteiger partial charge in [0.15, 0.2) is 0 Å². The molecule has 1 aromatic carbocycles. The zero-order valence-corrected chi connectivity index (χ0v) is 15.5. The van der Waals surface area contributed by atoms with Gasteiger partial charge in [0.1, 0.15) is 0 Å². The highest BCUT2D eigenvalue weighted by Crippen LogP contribution is 2.23. The zero-order valence-electron chi connectivity index (χ0n) is 14.5. The van der Waals surface area contributed by atoms with E-state index in [9.17, 15) is 9.90 Å². The molecule has 0 atom stereocenters. The smallest absolute Gasteiger partial charge is 0.331 e. The summed E-state index contributed by atoms with van der Waals surface area (Å²) in [4.78, 5) is 11.7. The summed E-state index contributed by atoms with van der Waals surface area (Å²) in [5, 5.41) is 10.9. The molecule has 0 aromatic heterocycles. The Hall–Kier alpha value is -1.35. The Balaban J connectivity index is 2.85. The average molecular weight is 319 g/mol. The molecular formula is C19H30O2Si. The lowest BCUT2D eigenvalue weighted by atomic mass is 10.0. The molecule has 0 aliphatic heterocycles. The second-order valence-corrected chi connectivity index (χ2v) is 11.5. The molecule has 0 heterocycles. The molecule has 0 saturated heterocycles. The van der Waals surface area contributed by atoms with Crippen molar-refractivity contribution in [2.24, 2.45) is 0 Å². The molecule has 0 amide bonds. The van der Waals surface area contributed by atoms with Gasteiger partial charge >= 0.3 is 5.97 Å². The number of hydrogen-bond acceptors (Lipinski definition) is 1. The molecule has 3 heteroatoms. The van der Waals surface area contributed by atoms with E-state index in [1.54, 1.807) is 0 Å². The standard InChI is InChI=1S/C19H30O2Si/c1-5-6-7-9-12-16(2)18(19(20)21)15-22(3,4)17-13-10-8-11-14-17/h8,10-11,13-14H,5-7,9,12,15H2,1-4H3,(H,20,21)/b18-16+. The van der Waals surface area contributed by atoms with Gasteiger partial charge in [0.05, 0.1) is 8.07 Å². The Bertz CT molecular complexity index is 503. The van der Waals surface area contributed by atoms with Crippen LogP contribution in [-0.4, -0.2) is 19.1 Å². The minimum absolute atomic E-state index is 0.650. The van der Waals surface area contributed by atoms with E-state index in [1.165, 1.54) is 24.4 Å². The van der Waals surface area contributed by atoms with Crippen LogP contribution in [0.25, 0.3) is 0 Å². The Morgan fingerprint density at radius 3 is 2.27 bits per heavy atom. The fourth-order valence-corrected chi connectivity index (χ4v) is 5.45. The van der Waals surface area contributed by atoms with E-state index in [-0.39, 0.29) is 0 Å². The minimum atomic E-state index is -1.76. The highest BCUT2D eigenvalue weighted by molar-refractivity contribution is 6.90. The Kier molecular flexibility index (Phi) is 7.59. The molecular weight excluding hydrogens is 288 g/mol. The van der Waals surface area contributed by atoms with Crippen molar-refractivity contribution in [1.82, 2.24) is 0 Å². The fourth-order valence-electron chi connectivity index (χ4n) is 2.81. The Morgan fingerprint density at radius 2 is 1.73 bits per heavy atom. The maximum Gasteiger partial charge on any atom is 0.331 e. The maximum atomic E-state index is 11.7. The molecule has 0 fully saturated rings. The number of benzene rings is 1. The van der Waals surface area contributed by atoms with Crippen molar-refractivity contribution in [3.05, 3.63) is 41.5 Å². The molecule has 0 spiro atoms. The van der Waals surface area contributed by atoms with E-state index >= 15 is 0 Å². The van der Waals surface area contributed by atoms with Gasteiger partial charge < -0.3 is 5.11 Å². The fraction of sp³-hybridized carbons (Fsp3) is 0.526. The molecule has 0 saturated carbocycles. The van der Waals surface area contributed by atoms with Gasteiger partial charge in [0.25, 0.3) is 0 Å². The van der Waals surface area contributed by atoms with Gasteiger partial charge in [-0.2, -0.15) is 0 Å². The first-order chi connectivity index (χ1) is 10.4. The van der Waals surface area contributed by atoms with Gasteiger partial charge in [-0.15, -0.1) is 0 Å². The van der Waals surface area contributed by atoms with Gasteiger partial charge in [-0.25, -0.2) is 4.79 Å². The topological polar surface area (TPSA) is 37.3 Å². The molecule has 122 valence electrons. The predicted octanol–water partition coefficient (Wildman–Crippen LogP) is 4.97. The molecule has 1 N–H and O–H groups in total. The van der Waals surface area contributed by atoms with Gasteiger partial charge in [-0.3, -0.25) is 0 Å². The summed E-state index contributed by atoms with van der Waals surface area (Å²) in [6, 6.07) is 11.1. The Morgan fingerprint density at radius 1 is 1.09 bits per heavy atom. The lowest BCUT2D eigenvalue weighted by molar-refractivity contribution is -0.132. The summed E-state index contributed by atoms with van der Waals surface area (Å²) in [6.07, 6.45) is 5.66. The first kappa shape index (κ1) is 18.7. The van der Waals surface area contributed by atoms with Crippen LogP contribution in [0.3, 0.4) is 0 Å². The highest BCUT2D eigenvalue weighted by Gasteiger charge is 2.28. The van der Waals surface area contributed by atoms with Crippen LogP contribution in [0.1, 0.15) is 46.0 Å². The van der Waals surface area contributed by atoms with E-state index in [1.807, 2.05) is 25.1 Å². The first-order valence-electron chi connectivity index (χ1n) is 8.36. The summed E-state index contributed by atoms with van der Waals surface area (Å²) in [6.45, 7) is 8.72. The molecule has 0 unspecified atom stereocenters. The van der Waals surface area contributed by atoms with Crippen molar-refractivity contribution in [2.75, 3.05) is 0 Å². The number of carbonyl (C=O) groups is 1. The number of allylic oxidation sites excluding steroid dienone is 1. The largest absolute Gasteiger partial charge is 0.478 e. The molecule has 0 radical (unpaired) electrons. The second-order valence-electron chi connectivity index (χ2n) is 6.80. The minimum Gasteiger partial charge on any atom is -0.478 e. The molecule has 0 aliphatic carbocycles. The van der Waals surface area contributed by atoms with Crippen molar-refractivity contribution in [3.8, 4) is 0 Å². The van der Waals surface area contributed by atoms with Gasteiger partial charge in [-0.1, -0.05) is 80.4 Å². The van der Waals surface area contributed by atoms with Crippen LogP contribution in [0.15, 0.2) is 41.5 Å². The monoisotopic (exact) mass is 318 g/mol. The summed E-state index contributed by atoms with van der Waals surface area (Å²) < 4.78 is 0. The van der Waals surface area contributed by atoms with E-state index < -0.39 is 14.0 Å². The first-order valence-corrected chi connectivity index (χ1v) is 11.6. The SMILES string of the molecule is CCCCCC/C(C)=C(\C[Si](C)(C)c1ccccc1)C(=O)O. The lowest BCUT2D eigenvalue weighted by Gasteiger charge is -2.24. The molecule has 0 aliphatic rings. The number of rotatable bonds is 9. The van der Waals surface area contributed by atoms with E-state index in [2.05, 4.69) is 32.2 Å². The summed E-state index contributed by atoms with van der Waals surface area (Å²) in [5.41, 5.74) is 1.72. The van der Waals surface area contributed by atoms with E-state index in [4.69, 9.17) is 0 Å². The van der Waals surface area contributed by atoms with E-state index in [0.717, 1.165) is 18.4 Å². The predicted molar refractivity (Wildman–Crippen MR) is 97.5 cm³/mol. The van der Waals surface area contributed by atoms with Crippen LogP contribution in [0.2, 0.25) is 19.1 Å². The van der Waals surface area contributed by atoms with Crippen LogP contribution < -0.4 is 5.19 Å². The van der Waals surface area contributed by atoms with Crippen LogP contribution in [-0.2, 0) is 4.79 Å². The third-order valence-corrected chi connectivity index (χ3v) is 7.49. The van der Waals surface area contributed by atoms with Gasteiger partial charge in [-0.05, 0) is 25.8 Å². The Labute approximate surface area is 136 Å². The van der Waals surface area contributed by atoms with Crippen molar-refractivity contribution < 1.29 is 9.90 Å². The molecule has 1 rings (SSSR count). The van der Waals surface area contributed by atoms with E-state index in [0.29, 0.717) is 11.6 Å². The van der Waals surface area contributed by atoms with Crippen molar-refractivity contribution in [3.63, 3.8) is 0 Å². The maximum absolute atomic E-state index is 11.7. The third kappa shape index (κ3) is 5.80. The van der Waals surface area contributed by atoms with Crippen molar-refractivity contribution >= 4 is 19.2 Å². The number of carboxylic acid groups (broad SMARTS) is 1. The quantitative estimate of drug-likeness (QED) is 0.396. The van der Waals surface area contributed by atoms with Gasteiger partial charge in [0.2, 0.25) is 0 Å². The van der Waals surface area contributed by atoms with Crippen LogP contribution in [0.4, 0.5) is 0 Å². The number of unbranched alkanes of at least 4 members (excludes halogenated alkanes) is 3. The molecule has 0 bridgehead atoms. The third-order valence-electron chi connectivity index (χ3n) is 4.35. The molecule has 1 aromatic rings. The summed E-state index contributed by atoms with van der Waals surface area (Å²) >= 11 is 0. The van der Waals surface area contributed by atoms with Gasteiger partial charge in [0, 0.05) is 5.57 Å². The molecule has 2 nitrogen and oxygen atoms in total. The number of aliphatic carboxylic acids is 1. The van der Waals surface area contributed by atoms with Crippen LogP contribution in [0.5, 0.6) is 0 Å². The van der Waals surface area contributed by atoms with Crippen LogP contribution >= 0.6 is 0 Å². The van der Waals surface area contributed by atoms with Crippen molar-refractivity contribution in [2.45, 2.75) is 65.1 Å². The average Bonchev–Trinajstić information content (AvgIpc) is 2.49. The van der Waals surface area contributed by atoms with Crippen molar-refractivity contribution in [1.29, 1.82) is 0 Å². The molecule has 22 heavy (non-hydrogen) atoms. The second kappa shape index (κ2) is 8.94. The summed E-state index contributed by atoms with van der Waals surface area (Å²) in [7, 11) is -1.76. The summed E-state index contributed by atoms with van der Waals surface area (Å²) in [5.74, 6) is -0.732. The zero-order chi connectivity index (χ0) is 16.6. The number of carboxylic acids is 1. The number of hydrogen-bond donors (Lipinski definition) is 1. The lowest BCUT2D eigenvalue weighted by Crippen LogP contribution is -2.42. The normalized spacial score (nSPS) is 12.9.